The number of guanidine groups is 1. The molecule has 8 heteroatoms. The molecule has 0 spiro atoms. The van der Waals surface area contributed by atoms with E-state index in [2.05, 4.69) is 15.6 Å². The van der Waals surface area contributed by atoms with Crippen molar-refractivity contribution in [3.05, 3.63) is 23.8 Å². The molecule has 0 saturated carbocycles. The Morgan fingerprint density at radius 2 is 2.04 bits per heavy atom. The van der Waals surface area contributed by atoms with Crippen molar-refractivity contribution in [1.29, 1.82) is 0 Å². The van der Waals surface area contributed by atoms with Crippen molar-refractivity contribution in [2.24, 2.45) is 4.99 Å². The number of aliphatic imine (C=N–C) groups is 1. The SMILES string of the molecule is CCNC(=NCc1ccc2c(c1)OCO2)NCCCN1CCCCCC1=O.I. The van der Waals surface area contributed by atoms with Gasteiger partial charge in [-0.3, -0.25) is 4.79 Å². The maximum absolute atomic E-state index is 12.0. The van der Waals surface area contributed by atoms with Gasteiger partial charge < -0.3 is 25.0 Å². The van der Waals surface area contributed by atoms with Gasteiger partial charge in [-0.05, 0) is 43.9 Å². The van der Waals surface area contributed by atoms with Crippen molar-refractivity contribution in [1.82, 2.24) is 15.5 Å². The number of benzene rings is 1. The fourth-order valence-corrected chi connectivity index (χ4v) is 3.30. The molecule has 1 aromatic rings. The van der Waals surface area contributed by atoms with Gasteiger partial charge in [0, 0.05) is 32.6 Å². The minimum absolute atomic E-state index is 0. The summed E-state index contributed by atoms with van der Waals surface area (Å²) in [7, 11) is 0. The number of halogens is 1. The Balaban J connectivity index is 0.00000280. The second-order valence-electron chi connectivity index (χ2n) is 6.85. The van der Waals surface area contributed by atoms with E-state index in [-0.39, 0.29) is 30.8 Å². The monoisotopic (exact) mass is 502 g/mol. The zero-order valence-electron chi connectivity index (χ0n) is 16.5. The number of rotatable bonds is 7. The average molecular weight is 502 g/mol. The van der Waals surface area contributed by atoms with Crippen LogP contribution in [0.1, 0.15) is 44.6 Å². The van der Waals surface area contributed by atoms with Gasteiger partial charge in [-0.25, -0.2) is 4.99 Å². The molecule has 3 rings (SSSR count). The van der Waals surface area contributed by atoms with Crippen LogP contribution in [0.3, 0.4) is 0 Å². The lowest BCUT2D eigenvalue weighted by molar-refractivity contribution is -0.130. The Hall–Kier alpha value is -1.71. The van der Waals surface area contributed by atoms with Gasteiger partial charge in [-0.15, -0.1) is 24.0 Å². The maximum atomic E-state index is 12.0. The highest BCUT2D eigenvalue weighted by Gasteiger charge is 2.16. The number of hydrogen-bond acceptors (Lipinski definition) is 4. The zero-order chi connectivity index (χ0) is 18.9. The molecule has 7 nitrogen and oxygen atoms in total. The molecule has 2 heterocycles. The van der Waals surface area contributed by atoms with Crippen molar-refractivity contribution in [3.63, 3.8) is 0 Å². The van der Waals surface area contributed by atoms with Crippen molar-refractivity contribution in [2.75, 3.05) is 33.0 Å². The summed E-state index contributed by atoms with van der Waals surface area (Å²) < 4.78 is 10.8. The summed E-state index contributed by atoms with van der Waals surface area (Å²) in [5.41, 5.74) is 1.08. The summed E-state index contributed by atoms with van der Waals surface area (Å²) in [5.74, 6) is 2.66. The molecule has 1 saturated heterocycles. The summed E-state index contributed by atoms with van der Waals surface area (Å²) in [6, 6.07) is 5.90. The third-order valence-electron chi connectivity index (χ3n) is 4.77. The standard InChI is InChI=1S/C20H30N4O3.HI/c1-2-21-20(22-10-6-12-24-11-5-3-4-7-19(24)25)23-14-16-8-9-17-18(13-16)27-15-26-17;/h8-9,13H,2-7,10-12,14-15H2,1H3,(H2,21,22,23);1H. The van der Waals surface area contributed by atoms with Crippen LogP contribution in [0.4, 0.5) is 0 Å². The predicted molar refractivity (Wildman–Crippen MR) is 120 cm³/mol. The van der Waals surface area contributed by atoms with Crippen LogP contribution in [-0.4, -0.2) is 49.7 Å². The number of fused-ring (bicyclic) bond motifs is 1. The molecule has 0 aliphatic carbocycles. The number of ether oxygens (including phenoxy) is 2. The quantitative estimate of drug-likeness (QED) is 0.260. The van der Waals surface area contributed by atoms with Gasteiger partial charge in [-0.1, -0.05) is 12.5 Å². The summed E-state index contributed by atoms with van der Waals surface area (Å²) in [6.07, 6.45) is 4.94. The maximum Gasteiger partial charge on any atom is 0.231 e. The predicted octanol–water partition coefficient (Wildman–Crippen LogP) is 2.88. The van der Waals surface area contributed by atoms with Gasteiger partial charge in [0.15, 0.2) is 17.5 Å². The molecular weight excluding hydrogens is 471 g/mol. The van der Waals surface area contributed by atoms with E-state index in [4.69, 9.17) is 9.47 Å². The van der Waals surface area contributed by atoms with E-state index in [0.717, 1.165) is 74.9 Å². The lowest BCUT2D eigenvalue weighted by atomic mass is 10.2. The van der Waals surface area contributed by atoms with E-state index < -0.39 is 0 Å². The second kappa shape index (κ2) is 12.0. The molecule has 2 aliphatic rings. The lowest BCUT2D eigenvalue weighted by Gasteiger charge is -2.20. The normalized spacial score (nSPS) is 16.4. The van der Waals surface area contributed by atoms with E-state index in [9.17, 15) is 4.79 Å². The van der Waals surface area contributed by atoms with Gasteiger partial charge in [0.2, 0.25) is 12.7 Å². The molecular formula is C20H31IN4O3. The highest BCUT2D eigenvalue weighted by atomic mass is 127. The molecule has 0 atom stereocenters. The Morgan fingerprint density at radius 1 is 1.18 bits per heavy atom. The molecule has 0 bridgehead atoms. The molecule has 1 aromatic carbocycles. The van der Waals surface area contributed by atoms with Crippen molar-refractivity contribution >= 4 is 35.8 Å². The van der Waals surface area contributed by atoms with Crippen molar-refractivity contribution in [3.8, 4) is 11.5 Å². The van der Waals surface area contributed by atoms with Crippen LogP contribution in [0.15, 0.2) is 23.2 Å². The summed E-state index contributed by atoms with van der Waals surface area (Å²) in [6.45, 7) is 6.20. The first-order chi connectivity index (χ1) is 13.3. The van der Waals surface area contributed by atoms with Crippen LogP contribution in [0.25, 0.3) is 0 Å². The minimum atomic E-state index is 0. The highest BCUT2D eigenvalue weighted by Crippen LogP contribution is 2.32. The van der Waals surface area contributed by atoms with E-state index in [1.54, 1.807) is 0 Å². The van der Waals surface area contributed by atoms with Crippen LogP contribution < -0.4 is 20.1 Å². The second-order valence-corrected chi connectivity index (χ2v) is 6.85. The third-order valence-corrected chi connectivity index (χ3v) is 4.77. The first kappa shape index (κ1) is 22.6. The number of hydrogen-bond donors (Lipinski definition) is 2. The van der Waals surface area contributed by atoms with E-state index in [1.165, 1.54) is 0 Å². The fraction of sp³-hybridized carbons (Fsp3) is 0.600. The number of amides is 1. The molecule has 0 aromatic heterocycles. The lowest BCUT2D eigenvalue weighted by Crippen LogP contribution is -2.39. The summed E-state index contributed by atoms with van der Waals surface area (Å²) in [4.78, 5) is 18.7. The van der Waals surface area contributed by atoms with Crippen molar-refractivity contribution in [2.45, 2.75) is 45.6 Å². The number of nitrogens with one attached hydrogen (secondary N) is 2. The Kier molecular flexibility index (Phi) is 9.66. The Morgan fingerprint density at radius 3 is 2.89 bits per heavy atom. The van der Waals surface area contributed by atoms with Gasteiger partial charge in [0.05, 0.1) is 6.54 Å². The van der Waals surface area contributed by atoms with Gasteiger partial charge >= 0.3 is 0 Å². The molecule has 2 aliphatic heterocycles. The number of carbonyl (C=O) groups excluding carboxylic acids is 1. The number of carbonyl (C=O) groups is 1. The van der Waals surface area contributed by atoms with Crippen molar-refractivity contribution < 1.29 is 14.3 Å². The molecule has 28 heavy (non-hydrogen) atoms. The average Bonchev–Trinajstić information content (AvgIpc) is 3.05. The third kappa shape index (κ3) is 6.72. The molecule has 0 radical (unpaired) electrons. The largest absolute Gasteiger partial charge is 0.454 e. The number of likely N-dealkylation sites (tertiary alicyclic amines) is 1. The minimum Gasteiger partial charge on any atom is -0.454 e. The van der Waals surface area contributed by atoms with E-state index in [0.29, 0.717) is 18.9 Å². The first-order valence-electron chi connectivity index (χ1n) is 9.94. The first-order valence-corrected chi connectivity index (χ1v) is 9.94. The van der Waals surface area contributed by atoms with Crippen LogP contribution in [0, 0.1) is 0 Å². The van der Waals surface area contributed by atoms with Gasteiger partial charge in [0.1, 0.15) is 0 Å². The van der Waals surface area contributed by atoms with Crippen LogP contribution in [0.2, 0.25) is 0 Å². The zero-order valence-corrected chi connectivity index (χ0v) is 18.9. The van der Waals surface area contributed by atoms with Gasteiger partial charge in [-0.2, -0.15) is 0 Å². The summed E-state index contributed by atoms with van der Waals surface area (Å²) in [5, 5.41) is 6.62. The molecule has 1 fully saturated rings. The smallest absolute Gasteiger partial charge is 0.231 e. The Labute approximate surface area is 184 Å². The van der Waals surface area contributed by atoms with Crippen LogP contribution in [-0.2, 0) is 11.3 Å². The highest BCUT2D eigenvalue weighted by molar-refractivity contribution is 14.0. The fourth-order valence-electron chi connectivity index (χ4n) is 3.30. The summed E-state index contributed by atoms with van der Waals surface area (Å²) >= 11 is 0. The topological polar surface area (TPSA) is 75.2 Å². The molecule has 2 N–H and O–H groups in total. The number of nitrogens with zero attached hydrogens (tertiary/aromatic N) is 2. The van der Waals surface area contributed by atoms with Crippen LogP contribution in [0.5, 0.6) is 11.5 Å². The van der Waals surface area contributed by atoms with Crippen LogP contribution >= 0.6 is 24.0 Å². The Bertz CT molecular complexity index is 669. The van der Waals surface area contributed by atoms with Gasteiger partial charge in [0.25, 0.3) is 0 Å². The molecule has 156 valence electrons. The molecule has 0 unspecified atom stereocenters. The van der Waals surface area contributed by atoms with E-state index in [1.807, 2.05) is 30.0 Å². The molecule has 1 amide bonds. The van der Waals surface area contributed by atoms with E-state index >= 15 is 0 Å².